The van der Waals surface area contributed by atoms with Crippen LogP contribution in [-0.2, 0) is 6.42 Å². The van der Waals surface area contributed by atoms with Gasteiger partial charge in [0.2, 0.25) is 0 Å². The lowest BCUT2D eigenvalue weighted by molar-refractivity contribution is 0.0702. The SMILES string of the molecule is O=C(c1csc(Cc2ccccc2F)n1)N(CCO)C1CC1. The molecule has 2 aromatic rings. The highest BCUT2D eigenvalue weighted by molar-refractivity contribution is 7.09. The van der Waals surface area contributed by atoms with Crippen molar-refractivity contribution >= 4 is 17.2 Å². The molecular weight excluding hydrogens is 303 g/mol. The summed E-state index contributed by atoms with van der Waals surface area (Å²) in [5.41, 5.74) is 0.960. The Balaban J connectivity index is 1.73. The molecule has 1 aromatic heterocycles. The van der Waals surface area contributed by atoms with Gasteiger partial charge in [-0.05, 0) is 24.5 Å². The molecule has 1 aliphatic carbocycles. The average molecular weight is 320 g/mol. The third kappa shape index (κ3) is 3.34. The van der Waals surface area contributed by atoms with E-state index in [1.54, 1.807) is 28.5 Å². The molecule has 1 saturated carbocycles. The van der Waals surface area contributed by atoms with Crippen LogP contribution in [0, 0.1) is 5.82 Å². The Morgan fingerprint density at radius 2 is 2.18 bits per heavy atom. The number of aromatic nitrogens is 1. The zero-order valence-electron chi connectivity index (χ0n) is 12.0. The maximum atomic E-state index is 13.7. The van der Waals surface area contributed by atoms with Crippen molar-refractivity contribution in [3.8, 4) is 0 Å². The molecule has 0 saturated heterocycles. The number of nitrogens with zero attached hydrogens (tertiary/aromatic N) is 2. The average Bonchev–Trinajstić information content (AvgIpc) is 3.25. The van der Waals surface area contributed by atoms with Gasteiger partial charge in [0.05, 0.1) is 11.6 Å². The van der Waals surface area contributed by atoms with E-state index in [0.29, 0.717) is 29.2 Å². The van der Waals surface area contributed by atoms with Gasteiger partial charge in [-0.25, -0.2) is 9.37 Å². The van der Waals surface area contributed by atoms with Gasteiger partial charge in [-0.1, -0.05) is 18.2 Å². The first-order valence-electron chi connectivity index (χ1n) is 7.28. The van der Waals surface area contributed by atoms with Crippen molar-refractivity contribution in [3.05, 3.63) is 51.7 Å². The molecule has 1 N–H and O–H groups in total. The standard InChI is InChI=1S/C16H17FN2O2S/c17-13-4-2-1-3-11(13)9-15-18-14(10-22-15)16(21)19(7-8-20)12-5-6-12/h1-4,10,12,20H,5-9H2. The van der Waals surface area contributed by atoms with Crippen molar-refractivity contribution in [3.63, 3.8) is 0 Å². The summed E-state index contributed by atoms with van der Waals surface area (Å²) >= 11 is 1.36. The minimum atomic E-state index is -0.259. The first-order valence-corrected chi connectivity index (χ1v) is 8.16. The van der Waals surface area contributed by atoms with Crippen LogP contribution in [0.3, 0.4) is 0 Å². The predicted octanol–water partition coefficient (Wildman–Crippen LogP) is 2.47. The van der Waals surface area contributed by atoms with Gasteiger partial charge in [-0.15, -0.1) is 11.3 Å². The number of amides is 1. The highest BCUT2D eigenvalue weighted by Crippen LogP contribution is 2.28. The van der Waals surface area contributed by atoms with Crippen molar-refractivity contribution in [2.45, 2.75) is 25.3 Å². The van der Waals surface area contributed by atoms with E-state index in [1.165, 1.54) is 17.4 Å². The lowest BCUT2D eigenvalue weighted by atomic mass is 10.1. The summed E-state index contributed by atoms with van der Waals surface area (Å²) < 4.78 is 13.7. The maximum absolute atomic E-state index is 13.7. The number of aliphatic hydroxyl groups is 1. The van der Waals surface area contributed by atoms with E-state index < -0.39 is 0 Å². The number of carbonyl (C=O) groups excluding carboxylic acids is 1. The Bertz CT molecular complexity index is 670. The molecule has 4 nitrogen and oxygen atoms in total. The quantitative estimate of drug-likeness (QED) is 0.889. The highest BCUT2D eigenvalue weighted by Gasteiger charge is 2.33. The lowest BCUT2D eigenvalue weighted by Gasteiger charge is -2.19. The third-order valence-corrected chi connectivity index (χ3v) is 4.51. The summed E-state index contributed by atoms with van der Waals surface area (Å²) in [6, 6.07) is 6.81. The number of hydrogen-bond acceptors (Lipinski definition) is 4. The second-order valence-corrected chi connectivity index (χ2v) is 6.29. The fraction of sp³-hybridized carbons (Fsp3) is 0.375. The van der Waals surface area contributed by atoms with E-state index in [9.17, 15) is 9.18 Å². The highest BCUT2D eigenvalue weighted by atomic mass is 32.1. The van der Waals surface area contributed by atoms with Crippen LogP contribution in [-0.4, -0.2) is 40.1 Å². The van der Waals surface area contributed by atoms with E-state index >= 15 is 0 Å². The summed E-state index contributed by atoms with van der Waals surface area (Å²) in [7, 11) is 0. The van der Waals surface area contributed by atoms with Gasteiger partial charge in [0.15, 0.2) is 0 Å². The van der Waals surface area contributed by atoms with Crippen molar-refractivity contribution in [1.29, 1.82) is 0 Å². The fourth-order valence-electron chi connectivity index (χ4n) is 2.39. The fourth-order valence-corrected chi connectivity index (χ4v) is 3.18. The second kappa shape index (κ2) is 6.54. The molecule has 3 rings (SSSR count). The lowest BCUT2D eigenvalue weighted by Crippen LogP contribution is -2.35. The first-order chi connectivity index (χ1) is 10.7. The molecule has 6 heteroatoms. The Hall–Kier alpha value is -1.79. The minimum absolute atomic E-state index is 0.0472. The number of aliphatic hydroxyl groups excluding tert-OH is 1. The van der Waals surface area contributed by atoms with Crippen molar-refractivity contribution in [1.82, 2.24) is 9.88 Å². The molecule has 1 fully saturated rings. The monoisotopic (exact) mass is 320 g/mol. The summed E-state index contributed by atoms with van der Waals surface area (Å²) in [6.45, 7) is 0.290. The van der Waals surface area contributed by atoms with Crippen molar-refractivity contribution < 1.29 is 14.3 Å². The molecule has 1 heterocycles. The minimum Gasteiger partial charge on any atom is -0.395 e. The number of carbonyl (C=O) groups is 1. The van der Waals surface area contributed by atoms with Gasteiger partial charge in [0, 0.05) is 24.4 Å². The molecule has 0 radical (unpaired) electrons. The van der Waals surface area contributed by atoms with Gasteiger partial charge < -0.3 is 10.0 Å². The zero-order valence-corrected chi connectivity index (χ0v) is 12.9. The van der Waals surface area contributed by atoms with Crippen molar-refractivity contribution in [2.24, 2.45) is 0 Å². The molecule has 1 aliphatic rings. The van der Waals surface area contributed by atoms with Crippen molar-refractivity contribution in [2.75, 3.05) is 13.2 Å². The Morgan fingerprint density at radius 3 is 2.86 bits per heavy atom. The number of benzene rings is 1. The van der Waals surface area contributed by atoms with E-state index in [4.69, 9.17) is 5.11 Å². The van der Waals surface area contributed by atoms with Crippen LogP contribution < -0.4 is 0 Å². The number of rotatable bonds is 6. The van der Waals surface area contributed by atoms with Crippen LogP contribution in [0.2, 0.25) is 0 Å². The molecular formula is C16H17FN2O2S. The molecule has 0 atom stereocenters. The van der Waals surface area contributed by atoms with Gasteiger partial charge in [-0.2, -0.15) is 0 Å². The van der Waals surface area contributed by atoms with E-state index in [2.05, 4.69) is 4.98 Å². The van der Waals surface area contributed by atoms with E-state index in [-0.39, 0.29) is 24.4 Å². The summed E-state index contributed by atoms with van der Waals surface area (Å²) in [5.74, 6) is -0.405. The van der Waals surface area contributed by atoms with Crippen LogP contribution in [0.15, 0.2) is 29.6 Å². The summed E-state index contributed by atoms with van der Waals surface area (Å²) in [6.07, 6.45) is 2.35. The molecule has 1 aromatic carbocycles. The Morgan fingerprint density at radius 1 is 1.41 bits per heavy atom. The largest absolute Gasteiger partial charge is 0.395 e. The molecule has 0 bridgehead atoms. The first kappa shape index (κ1) is 15.1. The Labute approximate surface area is 132 Å². The number of halogens is 1. The van der Waals surface area contributed by atoms with Gasteiger partial charge >= 0.3 is 0 Å². The van der Waals surface area contributed by atoms with E-state index in [0.717, 1.165) is 12.8 Å². The molecule has 1 amide bonds. The third-order valence-electron chi connectivity index (χ3n) is 3.66. The second-order valence-electron chi connectivity index (χ2n) is 5.35. The van der Waals surface area contributed by atoms with E-state index in [1.807, 2.05) is 0 Å². The predicted molar refractivity (Wildman–Crippen MR) is 82.5 cm³/mol. The van der Waals surface area contributed by atoms with Gasteiger partial charge in [-0.3, -0.25) is 4.79 Å². The zero-order chi connectivity index (χ0) is 15.5. The van der Waals surface area contributed by atoms with Crippen LogP contribution in [0.4, 0.5) is 4.39 Å². The molecule has 0 unspecified atom stereocenters. The summed E-state index contributed by atoms with van der Waals surface area (Å²) in [4.78, 5) is 18.5. The molecule has 0 aliphatic heterocycles. The van der Waals surface area contributed by atoms with Crippen LogP contribution in [0.1, 0.15) is 33.9 Å². The summed E-state index contributed by atoms with van der Waals surface area (Å²) in [5, 5.41) is 11.5. The van der Waals surface area contributed by atoms with Crippen LogP contribution >= 0.6 is 11.3 Å². The molecule has 116 valence electrons. The maximum Gasteiger partial charge on any atom is 0.273 e. The Kier molecular flexibility index (Phi) is 4.49. The van der Waals surface area contributed by atoms with Crippen LogP contribution in [0.25, 0.3) is 0 Å². The number of hydrogen-bond donors (Lipinski definition) is 1. The van der Waals surface area contributed by atoms with Crippen LogP contribution in [0.5, 0.6) is 0 Å². The smallest absolute Gasteiger partial charge is 0.273 e. The van der Waals surface area contributed by atoms with Gasteiger partial charge in [0.1, 0.15) is 11.5 Å². The molecule has 22 heavy (non-hydrogen) atoms. The molecule has 0 spiro atoms. The number of thiazole rings is 1. The van der Waals surface area contributed by atoms with Gasteiger partial charge in [0.25, 0.3) is 5.91 Å². The normalized spacial score (nSPS) is 14.1. The topological polar surface area (TPSA) is 53.4 Å².